The molecule has 0 unspecified atom stereocenters. The van der Waals surface area contributed by atoms with Crippen LogP contribution in [0.5, 0.6) is 0 Å². The van der Waals surface area contributed by atoms with Gasteiger partial charge in [-0.3, -0.25) is 4.79 Å². The molecule has 0 aliphatic carbocycles. The van der Waals surface area contributed by atoms with Crippen LogP contribution in [0, 0.1) is 0 Å². The van der Waals surface area contributed by atoms with Crippen LogP contribution in [0.2, 0.25) is 5.02 Å². The van der Waals surface area contributed by atoms with E-state index in [4.69, 9.17) is 11.6 Å². The zero-order valence-electron chi connectivity index (χ0n) is 13.9. The molecule has 3 aromatic carbocycles. The van der Waals surface area contributed by atoms with Crippen LogP contribution in [-0.2, 0) is 11.3 Å². The Bertz CT molecular complexity index is 761. The van der Waals surface area contributed by atoms with Crippen molar-refractivity contribution in [1.82, 2.24) is 5.32 Å². The monoisotopic (exact) mass is 349 g/mol. The fourth-order valence-corrected chi connectivity index (χ4v) is 2.99. The number of hydrogen-bond donors (Lipinski definition) is 1. The van der Waals surface area contributed by atoms with Crippen molar-refractivity contribution >= 4 is 17.5 Å². The summed E-state index contributed by atoms with van der Waals surface area (Å²) in [5.41, 5.74) is 3.33. The molecule has 0 aliphatic heterocycles. The molecule has 0 saturated carbocycles. The number of benzene rings is 3. The van der Waals surface area contributed by atoms with Crippen molar-refractivity contribution in [1.29, 1.82) is 0 Å². The van der Waals surface area contributed by atoms with Crippen molar-refractivity contribution in [2.75, 3.05) is 0 Å². The maximum absolute atomic E-state index is 12.5. The zero-order chi connectivity index (χ0) is 17.5. The first-order chi connectivity index (χ1) is 12.2. The van der Waals surface area contributed by atoms with E-state index in [1.165, 1.54) is 0 Å². The molecule has 0 heterocycles. The van der Waals surface area contributed by atoms with Crippen LogP contribution >= 0.6 is 11.6 Å². The van der Waals surface area contributed by atoms with E-state index < -0.39 is 0 Å². The summed E-state index contributed by atoms with van der Waals surface area (Å²) in [7, 11) is 0. The van der Waals surface area contributed by atoms with Crippen molar-refractivity contribution < 1.29 is 4.79 Å². The fourth-order valence-electron chi connectivity index (χ4n) is 2.86. The molecular weight excluding hydrogens is 330 g/mol. The van der Waals surface area contributed by atoms with Gasteiger partial charge in [0, 0.05) is 23.9 Å². The summed E-state index contributed by atoms with van der Waals surface area (Å²) in [6.45, 7) is 0.506. The first-order valence-electron chi connectivity index (χ1n) is 8.33. The Morgan fingerprint density at radius 1 is 0.800 bits per heavy atom. The van der Waals surface area contributed by atoms with Crippen molar-refractivity contribution in [2.24, 2.45) is 0 Å². The quantitative estimate of drug-likeness (QED) is 0.652. The molecule has 0 spiro atoms. The third-order valence-electron chi connectivity index (χ3n) is 4.20. The highest BCUT2D eigenvalue weighted by Gasteiger charge is 2.17. The van der Waals surface area contributed by atoms with Gasteiger partial charge in [0.2, 0.25) is 5.91 Å². The Hall–Kier alpha value is -2.58. The van der Waals surface area contributed by atoms with Gasteiger partial charge in [0.15, 0.2) is 0 Å². The molecule has 0 radical (unpaired) electrons. The van der Waals surface area contributed by atoms with E-state index in [-0.39, 0.29) is 11.8 Å². The predicted octanol–water partition coefficient (Wildman–Crippen LogP) is 5.18. The van der Waals surface area contributed by atoms with E-state index in [2.05, 4.69) is 29.6 Å². The van der Waals surface area contributed by atoms with Gasteiger partial charge in [0.1, 0.15) is 0 Å². The first kappa shape index (κ1) is 17.2. The van der Waals surface area contributed by atoms with E-state index in [1.54, 1.807) is 0 Å². The molecule has 25 heavy (non-hydrogen) atoms. The largest absolute Gasteiger partial charge is 0.352 e. The van der Waals surface area contributed by atoms with Gasteiger partial charge in [0.25, 0.3) is 0 Å². The lowest BCUT2D eigenvalue weighted by Crippen LogP contribution is -2.25. The topological polar surface area (TPSA) is 29.1 Å². The van der Waals surface area contributed by atoms with Crippen molar-refractivity contribution in [3.63, 3.8) is 0 Å². The number of nitrogens with one attached hydrogen (secondary N) is 1. The highest BCUT2D eigenvalue weighted by atomic mass is 35.5. The highest BCUT2D eigenvalue weighted by molar-refractivity contribution is 6.30. The van der Waals surface area contributed by atoms with Gasteiger partial charge < -0.3 is 5.32 Å². The predicted molar refractivity (Wildman–Crippen MR) is 103 cm³/mol. The van der Waals surface area contributed by atoms with Gasteiger partial charge in [-0.25, -0.2) is 0 Å². The summed E-state index contributed by atoms with van der Waals surface area (Å²) >= 11 is 5.89. The lowest BCUT2D eigenvalue weighted by Gasteiger charge is -2.18. The SMILES string of the molecule is O=C(CC(c1ccccc1)c1ccccc1)NCc1ccc(Cl)cc1. The Kier molecular flexibility index (Phi) is 5.86. The molecule has 0 saturated heterocycles. The normalized spacial score (nSPS) is 10.6. The molecule has 0 aromatic heterocycles. The van der Waals surface area contributed by atoms with E-state index in [0.717, 1.165) is 16.7 Å². The number of hydrogen-bond acceptors (Lipinski definition) is 1. The first-order valence-corrected chi connectivity index (χ1v) is 8.71. The van der Waals surface area contributed by atoms with Crippen LogP contribution in [0.4, 0.5) is 0 Å². The minimum absolute atomic E-state index is 0.0349. The minimum Gasteiger partial charge on any atom is -0.352 e. The van der Waals surface area contributed by atoms with Crippen LogP contribution in [0.15, 0.2) is 84.9 Å². The molecule has 1 amide bonds. The summed E-state index contributed by atoms with van der Waals surface area (Å²) in [6.07, 6.45) is 0.418. The second kappa shape index (κ2) is 8.50. The van der Waals surface area contributed by atoms with Crippen molar-refractivity contribution in [2.45, 2.75) is 18.9 Å². The van der Waals surface area contributed by atoms with E-state index >= 15 is 0 Å². The molecular formula is C22H20ClNO. The Morgan fingerprint density at radius 2 is 1.32 bits per heavy atom. The molecule has 3 rings (SSSR count). The Balaban J connectivity index is 1.69. The third kappa shape index (κ3) is 4.94. The van der Waals surface area contributed by atoms with E-state index in [1.807, 2.05) is 60.7 Å². The van der Waals surface area contributed by atoms with Gasteiger partial charge >= 0.3 is 0 Å². The maximum Gasteiger partial charge on any atom is 0.221 e. The molecule has 2 nitrogen and oxygen atoms in total. The van der Waals surface area contributed by atoms with Crippen LogP contribution < -0.4 is 5.32 Å². The zero-order valence-corrected chi connectivity index (χ0v) is 14.6. The molecule has 126 valence electrons. The lowest BCUT2D eigenvalue weighted by molar-refractivity contribution is -0.121. The standard InChI is InChI=1S/C22H20ClNO/c23-20-13-11-17(12-14-20)16-24-22(25)15-21(18-7-3-1-4-8-18)19-9-5-2-6-10-19/h1-14,21H,15-16H2,(H,24,25). The minimum atomic E-state index is 0.0349. The highest BCUT2D eigenvalue weighted by Crippen LogP contribution is 2.27. The Morgan fingerprint density at radius 3 is 1.84 bits per heavy atom. The average molecular weight is 350 g/mol. The fraction of sp³-hybridized carbons (Fsp3) is 0.136. The smallest absolute Gasteiger partial charge is 0.221 e. The van der Waals surface area contributed by atoms with Crippen LogP contribution in [-0.4, -0.2) is 5.91 Å². The summed E-state index contributed by atoms with van der Waals surface area (Å²) in [6, 6.07) is 27.8. The van der Waals surface area contributed by atoms with Crippen molar-refractivity contribution in [3.8, 4) is 0 Å². The number of carbonyl (C=O) groups is 1. The van der Waals surface area contributed by atoms with E-state index in [0.29, 0.717) is 18.0 Å². The second-order valence-electron chi connectivity index (χ2n) is 5.98. The molecule has 0 atom stereocenters. The van der Waals surface area contributed by atoms with Gasteiger partial charge in [-0.1, -0.05) is 84.4 Å². The Labute approximate surface area is 153 Å². The third-order valence-corrected chi connectivity index (χ3v) is 4.45. The van der Waals surface area contributed by atoms with Gasteiger partial charge in [-0.15, -0.1) is 0 Å². The van der Waals surface area contributed by atoms with Gasteiger partial charge in [-0.05, 0) is 28.8 Å². The average Bonchev–Trinajstić information content (AvgIpc) is 2.67. The number of amides is 1. The molecule has 0 bridgehead atoms. The van der Waals surface area contributed by atoms with Crippen molar-refractivity contribution in [3.05, 3.63) is 107 Å². The summed E-state index contributed by atoms with van der Waals surface area (Å²) in [5.74, 6) is 0.0836. The van der Waals surface area contributed by atoms with E-state index in [9.17, 15) is 4.79 Å². The summed E-state index contributed by atoms with van der Waals surface area (Å²) in [5, 5.41) is 3.70. The second-order valence-corrected chi connectivity index (χ2v) is 6.42. The maximum atomic E-state index is 12.5. The molecule has 3 heteroatoms. The van der Waals surface area contributed by atoms with Crippen LogP contribution in [0.1, 0.15) is 29.0 Å². The molecule has 1 N–H and O–H groups in total. The summed E-state index contributed by atoms with van der Waals surface area (Å²) in [4.78, 5) is 12.5. The van der Waals surface area contributed by atoms with Crippen LogP contribution in [0.3, 0.4) is 0 Å². The molecule has 3 aromatic rings. The van der Waals surface area contributed by atoms with Gasteiger partial charge in [0.05, 0.1) is 0 Å². The number of rotatable bonds is 6. The van der Waals surface area contributed by atoms with Crippen LogP contribution in [0.25, 0.3) is 0 Å². The number of halogens is 1. The molecule has 0 fully saturated rings. The summed E-state index contributed by atoms with van der Waals surface area (Å²) < 4.78 is 0. The molecule has 0 aliphatic rings. The number of carbonyl (C=O) groups excluding carboxylic acids is 1. The van der Waals surface area contributed by atoms with Gasteiger partial charge in [-0.2, -0.15) is 0 Å². The lowest BCUT2D eigenvalue weighted by atomic mass is 9.88.